The lowest BCUT2D eigenvalue weighted by Crippen LogP contribution is -2.15. The number of benzene rings is 7. The fourth-order valence-corrected chi connectivity index (χ4v) is 8.48. The fraction of sp³-hybridized carbons (Fsp3) is 0.0392. The smallest absolute Gasteiger partial charge is 0.164 e. The van der Waals surface area contributed by atoms with Crippen LogP contribution in [0.4, 0.5) is 0 Å². The summed E-state index contributed by atoms with van der Waals surface area (Å²) in [5, 5.41) is 4.40. The van der Waals surface area contributed by atoms with E-state index in [1.807, 2.05) is 30.3 Å². The second kappa shape index (κ2) is 12.8. The Morgan fingerprint density at radius 3 is 1.93 bits per heavy atom. The summed E-state index contributed by atoms with van der Waals surface area (Å²) in [7, 11) is 0. The zero-order valence-corrected chi connectivity index (χ0v) is 29.8. The summed E-state index contributed by atoms with van der Waals surface area (Å²) in [6.07, 6.45) is 11.3. The summed E-state index contributed by atoms with van der Waals surface area (Å²) in [6, 6.07) is 55.1. The second-order valence-corrected chi connectivity index (χ2v) is 14.3. The zero-order chi connectivity index (χ0) is 36.3. The third-order valence-corrected chi connectivity index (χ3v) is 11.1. The van der Waals surface area contributed by atoms with Crippen molar-refractivity contribution >= 4 is 44.4 Å². The van der Waals surface area contributed by atoms with Gasteiger partial charge in [0.25, 0.3) is 0 Å². The summed E-state index contributed by atoms with van der Waals surface area (Å²) in [5.74, 6) is 2.47. The van der Waals surface area contributed by atoms with Crippen LogP contribution in [0.3, 0.4) is 0 Å². The van der Waals surface area contributed by atoms with E-state index in [4.69, 9.17) is 19.4 Å². The van der Waals surface area contributed by atoms with Crippen LogP contribution in [-0.2, 0) is 0 Å². The molecule has 55 heavy (non-hydrogen) atoms. The van der Waals surface area contributed by atoms with Gasteiger partial charge in [-0.15, -0.1) is 0 Å². The number of nitrogens with zero attached hydrogens (tertiary/aromatic N) is 3. The van der Waals surface area contributed by atoms with Gasteiger partial charge in [0.15, 0.2) is 17.5 Å². The minimum absolute atomic E-state index is 0.214. The Hall–Kier alpha value is -7.17. The Kier molecular flexibility index (Phi) is 7.27. The lowest BCUT2D eigenvalue weighted by molar-refractivity contribution is 0.670. The fourth-order valence-electron chi connectivity index (χ4n) is 8.48. The number of hydrogen-bond donors (Lipinski definition) is 0. The normalized spacial score (nSPS) is 16.0. The summed E-state index contributed by atoms with van der Waals surface area (Å²) >= 11 is 0. The van der Waals surface area contributed by atoms with Crippen molar-refractivity contribution in [3.05, 3.63) is 199 Å². The van der Waals surface area contributed by atoms with Crippen LogP contribution in [0, 0.1) is 5.92 Å². The zero-order valence-electron chi connectivity index (χ0n) is 29.8. The average Bonchev–Trinajstić information content (AvgIpc) is 3.66. The van der Waals surface area contributed by atoms with Gasteiger partial charge in [0.2, 0.25) is 0 Å². The number of fused-ring (bicyclic) bond motifs is 7. The molecule has 2 aromatic heterocycles. The third kappa shape index (κ3) is 5.25. The molecule has 4 heteroatoms. The van der Waals surface area contributed by atoms with Gasteiger partial charge in [-0.1, -0.05) is 176 Å². The number of para-hydroxylation sites is 1. The van der Waals surface area contributed by atoms with E-state index >= 15 is 0 Å². The quantitative estimate of drug-likeness (QED) is 0.179. The molecule has 2 aliphatic rings. The molecule has 258 valence electrons. The largest absolute Gasteiger partial charge is 0.455 e. The highest BCUT2D eigenvalue weighted by Gasteiger charge is 2.27. The van der Waals surface area contributed by atoms with E-state index in [0.717, 1.165) is 71.7 Å². The number of aromatic nitrogens is 3. The SMILES string of the molecule is C1=CC2C=Cc3ccccc3C2C=C1c1nc(-c2ccccc2)nc(-c2cccc3c(-c4ccc(-c5ccccc5)c5oc6ccccc6c45)cccc23)n1. The lowest BCUT2D eigenvalue weighted by Gasteiger charge is -2.28. The molecule has 7 aromatic carbocycles. The highest BCUT2D eigenvalue weighted by Crippen LogP contribution is 2.45. The van der Waals surface area contributed by atoms with Gasteiger partial charge in [-0.2, -0.15) is 0 Å². The van der Waals surface area contributed by atoms with Crippen LogP contribution in [-0.4, -0.2) is 15.0 Å². The maximum absolute atomic E-state index is 6.64. The molecule has 9 aromatic rings. The predicted octanol–water partition coefficient (Wildman–Crippen LogP) is 13.0. The van der Waals surface area contributed by atoms with Crippen LogP contribution in [0.15, 0.2) is 186 Å². The number of rotatable bonds is 5. The van der Waals surface area contributed by atoms with E-state index in [9.17, 15) is 0 Å². The minimum atomic E-state index is 0.214. The molecule has 0 amide bonds. The molecule has 0 saturated heterocycles. The molecule has 0 aliphatic heterocycles. The molecule has 0 bridgehead atoms. The highest BCUT2D eigenvalue weighted by atomic mass is 16.3. The van der Waals surface area contributed by atoms with Crippen LogP contribution in [0.5, 0.6) is 0 Å². The van der Waals surface area contributed by atoms with Crippen LogP contribution in [0.1, 0.15) is 22.9 Å². The Bertz CT molecular complexity index is 3050. The van der Waals surface area contributed by atoms with E-state index in [2.05, 4.69) is 158 Å². The van der Waals surface area contributed by atoms with Gasteiger partial charge in [0, 0.05) is 44.9 Å². The van der Waals surface area contributed by atoms with Crippen molar-refractivity contribution in [3.8, 4) is 45.0 Å². The van der Waals surface area contributed by atoms with Crippen molar-refractivity contribution in [1.82, 2.24) is 15.0 Å². The van der Waals surface area contributed by atoms with E-state index in [1.165, 1.54) is 11.1 Å². The van der Waals surface area contributed by atoms with Crippen LogP contribution in [0.25, 0.3) is 89.4 Å². The number of furan rings is 1. The summed E-state index contributed by atoms with van der Waals surface area (Å²) < 4.78 is 6.64. The molecule has 0 fully saturated rings. The maximum atomic E-state index is 6.64. The monoisotopic (exact) mass is 703 g/mol. The van der Waals surface area contributed by atoms with Crippen molar-refractivity contribution in [2.45, 2.75) is 5.92 Å². The van der Waals surface area contributed by atoms with E-state index < -0.39 is 0 Å². The molecule has 4 nitrogen and oxygen atoms in total. The lowest BCUT2D eigenvalue weighted by atomic mass is 9.76. The Balaban J connectivity index is 1.10. The Morgan fingerprint density at radius 2 is 1.07 bits per heavy atom. The number of hydrogen-bond acceptors (Lipinski definition) is 4. The molecule has 2 unspecified atom stereocenters. The summed E-state index contributed by atoms with van der Waals surface area (Å²) in [4.78, 5) is 15.5. The second-order valence-electron chi connectivity index (χ2n) is 14.3. The molecule has 0 N–H and O–H groups in total. The first-order valence-electron chi connectivity index (χ1n) is 18.8. The van der Waals surface area contributed by atoms with Gasteiger partial charge in [-0.3, -0.25) is 0 Å². The van der Waals surface area contributed by atoms with E-state index in [0.29, 0.717) is 23.4 Å². The molecule has 0 spiro atoms. The van der Waals surface area contributed by atoms with Crippen LogP contribution >= 0.6 is 0 Å². The van der Waals surface area contributed by atoms with Crippen molar-refractivity contribution in [1.29, 1.82) is 0 Å². The maximum Gasteiger partial charge on any atom is 0.164 e. The predicted molar refractivity (Wildman–Crippen MR) is 225 cm³/mol. The molecule has 11 rings (SSSR count). The Labute approximate surface area is 318 Å². The summed E-state index contributed by atoms with van der Waals surface area (Å²) in [5.41, 5.74) is 11.7. The van der Waals surface area contributed by atoms with Crippen molar-refractivity contribution < 1.29 is 4.42 Å². The van der Waals surface area contributed by atoms with Gasteiger partial charge in [-0.25, -0.2) is 15.0 Å². The van der Waals surface area contributed by atoms with Crippen LogP contribution in [0.2, 0.25) is 0 Å². The molecule has 2 aliphatic carbocycles. The van der Waals surface area contributed by atoms with Crippen molar-refractivity contribution in [3.63, 3.8) is 0 Å². The minimum Gasteiger partial charge on any atom is -0.455 e. The van der Waals surface area contributed by atoms with Gasteiger partial charge in [0.1, 0.15) is 11.2 Å². The van der Waals surface area contributed by atoms with Gasteiger partial charge in [-0.05, 0) is 50.7 Å². The molecule has 0 radical (unpaired) electrons. The van der Waals surface area contributed by atoms with Gasteiger partial charge < -0.3 is 4.42 Å². The highest BCUT2D eigenvalue weighted by molar-refractivity contribution is 6.19. The first-order chi connectivity index (χ1) is 27.3. The standard InChI is InChI=1S/C51H33N3O/c1-3-13-32(14-4-1)38-29-30-42(47-44-19-9-10-24-46(44)55-48(38)47)40-21-11-22-41-39(40)20-12-23-43(41)51-53-49(35-16-5-2-6-17-35)52-50(54-51)36-28-27-34-26-25-33-15-7-8-18-37(33)45(34)31-36/h1-31,34,45H. The molecule has 2 heterocycles. The van der Waals surface area contributed by atoms with Gasteiger partial charge in [0.05, 0.1) is 0 Å². The van der Waals surface area contributed by atoms with E-state index in [1.54, 1.807) is 0 Å². The third-order valence-electron chi connectivity index (χ3n) is 11.1. The first kappa shape index (κ1) is 31.4. The van der Waals surface area contributed by atoms with Gasteiger partial charge >= 0.3 is 0 Å². The molecule has 0 saturated carbocycles. The first-order valence-corrected chi connectivity index (χ1v) is 18.8. The topological polar surface area (TPSA) is 51.8 Å². The average molecular weight is 704 g/mol. The molecule has 2 atom stereocenters. The number of allylic oxidation sites excluding steroid dienone is 5. The Morgan fingerprint density at radius 1 is 0.436 bits per heavy atom. The van der Waals surface area contributed by atoms with Crippen molar-refractivity contribution in [2.75, 3.05) is 0 Å². The van der Waals surface area contributed by atoms with Crippen LogP contribution < -0.4 is 0 Å². The summed E-state index contributed by atoms with van der Waals surface area (Å²) in [6.45, 7) is 0. The molecular formula is C51H33N3O. The molecular weight excluding hydrogens is 671 g/mol. The van der Waals surface area contributed by atoms with E-state index in [-0.39, 0.29) is 5.92 Å². The van der Waals surface area contributed by atoms with Crippen molar-refractivity contribution in [2.24, 2.45) is 5.92 Å².